The molecule has 3 fully saturated rings. The van der Waals surface area contributed by atoms with Gasteiger partial charge in [-0.25, -0.2) is 0 Å². The van der Waals surface area contributed by atoms with Crippen LogP contribution in [0.3, 0.4) is 0 Å². The molecule has 0 aromatic heterocycles. The van der Waals surface area contributed by atoms with E-state index in [0.29, 0.717) is 5.92 Å². The van der Waals surface area contributed by atoms with E-state index >= 15 is 0 Å². The molecule has 1 aliphatic carbocycles. The first-order valence-corrected chi connectivity index (χ1v) is 5.63. The minimum Gasteiger partial charge on any atom is -0.356 e. The van der Waals surface area contributed by atoms with Crippen molar-refractivity contribution in [2.24, 2.45) is 5.92 Å². The standard InChI is InChI=1S/C11H18O4/c1-11(2)14-8-5-7-6(10(8)15-11)4-9(12-3)13-7/h6-10H,4-5H2,1-3H3/t6-,7-,8-,9-,10+/m0/s1. The first-order chi connectivity index (χ1) is 7.09. The number of ether oxygens (including phenoxy) is 4. The van der Waals surface area contributed by atoms with Crippen LogP contribution in [0.25, 0.3) is 0 Å². The molecular formula is C11H18O4. The molecule has 2 saturated heterocycles. The van der Waals surface area contributed by atoms with Crippen molar-refractivity contribution in [3.63, 3.8) is 0 Å². The van der Waals surface area contributed by atoms with Gasteiger partial charge in [-0.2, -0.15) is 0 Å². The van der Waals surface area contributed by atoms with Gasteiger partial charge in [-0.05, 0) is 13.8 Å². The molecule has 0 bridgehead atoms. The summed E-state index contributed by atoms with van der Waals surface area (Å²) in [6, 6.07) is 0. The summed E-state index contributed by atoms with van der Waals surface area (Å²) < 4.78 is 22.7. The molecule has 2 heterocycles. The van der Waals surface area contributed by atoms with Crippen molar-refractivity contribution in [1.82, 2.24) is 0 Å². The molecule has 1 saturated carbocycles. The molecule has 0 aromatic rings. The van der Waals surface area contributed by atoms with Crippen LogP contribution in [0.1, 0.15) is 26.7 Å². The van der Waals surface area contributed by atoms with Crippen LogP contribution >= 0.6 is 0 Å². The first kappa shape index (κ1) is 10.0. The average Bonchev–Trinajstić information content (AvgIpc) is 2.72. The number of methoxy groups -OCH3 is 1. The molecule has 0 aromatic carbocycles. The van der Waals surface area contributed by atoms with Crippen LogP contribution in [-0.2, 0) is 18.9 Å². The Morgan fingerprint density at radius 2 is 1.93 bits per heavy atom. The normalized spacial score (nSPS) is 51.8. The van der Waals surface area contributed by atoms with Crippen molar-refractivity contribution < 1.29 is 18.9 Å². The predicted octanol–water partition coefficient (Wildman–Crippen LogP) is 1.29. The summed E-state index contributed by atoms with van der Waals surface area (Å²) >= 11 is 0. The van der Waals surface area contributed by atoms with E-state index in [-0.39, 0.29) is 24.6 Å². The first-order valence-electron chi connectivity index (χ1n) is 5.63. The lowest BCUT2D eigenvalue weighted by molar-refractivity contribution is -0.166. The number of hydrogen-bond acceptors (Lipinski definition) is 4. The highest BCUT2D eigenvalue weighted by atomic mass is 16.8. The molecule has 4 nitrogen and oxygen atoms in total. The van der Waals surface area contributed by atoms with Gasteiger partial charge in [0, 0.05) is 25.9 Å². The van der Waals surface area contributed by atoms with Crippen molar-refractivity contribution in [1.29, 1.82) is 0 Å². The zero-order valence-electron chi connectivity index (χ0n) is 9.43. The van der Waals surface area contributed by atoms with Crippen LogP contribution in [0.5, 0.6) is 0 Å². The third-order valence-electron chi connectivity index (χ3n) is 3.64. The molecule has 0 unspecified atom stereocenters. The van der Waals surface area contributed by atoms with Crippen molar-refractivity contribution >= 4 is 0 Å². The molecule has 0 radical (unpaired) electrons. The van der Waals surface area contributed by atoms with Gasteiger partial charge in [-0.3, -0.25) is 0 Å². The van der Waals surface area contributed by atoms with Gasteiger partial charge in [0.05, 0.1) is 18.3 Å². The Hall–Kier alpha value is -0.160. The summed E-state index contributed by atoms with van der Waals surface area (Å²) in [5.41, 5.74) is 0. The fourth-order valence-electron chi connectivity index (χ4n) is 3.09. The highest BCUT2D eigenvalue weighted by Crippen LogP contribution is 2.48. The maximum atomic E-state index is 5.92. The largest absolute Gasteiger partial charge is 0.356 e. The highest BCUT2D eigenvalue weighted by molar-refractivity contribution is 5.01. The van der Waals surface area contributed by atoms with Crippen molar-refractivity contribution in [2.75, 3.05) is 7.11 Å². The Morgan fingerprint density at radius 3 is 2.67 bits per heavy atom. The fourth-order valence-corrected chi connectivity index (χ4v) is 3.09. The fraction of sp³-hybridized carbons (Fsp3) is 1.00. The van der Waals surface area contributed by atoms with Crippen molar-refractivity contribution in [2.45, 2.75) is 57.1 Å². The van der Waals surface area contributed by atoms with Gasteiger partial charge < -0.3 is 18.9 Å². The second kappa shape index (κ2) is 3.17. The Morgan fingerprint density at radius 1 is 1.13 bits per heavy atom. The van der Waals surface area contributed by atoms with Gasteiger partial charge >= 0.3 is 0 Å². The molecule has 0 spiro atoms. The SMILES string of the molecule is CO[C@@H]1C[C@@H]2[C@H]3OC(C)(C)O[C@H]3C[C@@H]2O1. The van der Waals surface area contributed by atoms with E-state index in [2.05, 4.69) is 0 Å². The third-order valence-corrected chi connectivity index (χ3v) is 3.64. The average molecular weight is 214 g/mol. The predicted molar refractivity (Wildman–Crippen MR) is 52.2 cm³/mol. The molecule has 15 heavy (non-hydrogen) atoms. The lowest BCUT2D eigenvalue weighted by Gasteiger charge is -2.21. The summed E-state index contributed by atoms with van der Waals surface area (Å²) in [7, 11) is 1.69. The molecule has 4 heteroatoms. The lowest BCUT2D eigenvalue weighted by Crippen LogP contribution is -2.27. The number of rotatable bonds is 1. The second-order valence-corrected chi connectivity index (χ2v) is 5.11. The summed E-state index contributed by atoms with van der Waals surface area (Å²) in [6.07, 6.45) is 2.51. The van der Waals surface area contributed by atoms with Crippen molar-refractivity contribution in [3.8, 4) is 0 Å². The van der Waals surface area contributed by atoms with Gasteiger partial charge in [-0.1, -0.05) is 0 Å². The Bertz CT molecular complexity index is 265. The summed E-state index contributed by atoms with van der Waals surface area (Å²) in [5.74, 6) is 0.0209. The Kier molecular flexibility index (Phi) is 2.12. The summed E-state index contributed by atoms with van der Waals surface area (Å²) in [6.45, 7) is 3.95. The van der Waals surface area contributed by atoms with Gasteiger partial charge in [0.2, 0.25) is 0 Å². The monoisotopic (exact) mass is 214 g/mol. The van der Waals surface area contributed by atoms with E-state index in [0.717, 1.165) is 12.8 Å². The van der Waals surface area contributed by atoms with Gasteiger partial charge in [0.1, 0.15) is 0 Å². The number of fused-ring (bicyclic) bond motifs is 3. The molecule has 5 atom stereocenters. The van der Waals surface area contributed by atoms with E-state index in [1.807, 2.05) is 13.8 Å². The second-order valence-electron chi connectivity index (χ2n) is 5.11. The van der Waals surface area contributed by atoms with E-state index in [1.165, 1.54) is 0 Å². The minimum absolute atomic E-state index is 0.0479. The lowest BCUT2D eigenvalue weighted by atomic mass is 10.0. The summed E-state index contributed by atoms with van der Waals surface area (Å²) in [4.78, 5) is 0. The zero-order valence-corrected chi connectivity index (χ0v) is 9.43. The Balaban J connectivity index is 1.73. The summed E-state index contributed by atoms with van der Waals surface area (Å²) in [5, 5.41) is 0. The minimum atomic E-state index is -0.425. The van der Waals surface area contributed by atoms with Crippen LogP contribution in [0.4, 0.5) is 0 Å². The zero-order chi connectivity index (χ0) is 10.6. The van der Waals surface area contributed by atoms with E-state index in [1.54, 1.807) is 7.11 Å². The number of hydrogen-bond donors (Lipinski definition) is 0. The van der Waals surface area contributed by atoms with Gasteiger partial charge in [0.25, 0.3) is 0 Å². The van der Waals surface area contributed by atoms with Gasteiger partial charge in [0.15, 0.2) is 12.1 Å². The van der Waals surface area contributed by atoms with E-state index < -0.39 is 5.79 Å². The van der Waals surface area contributed by atoms with Crippen LogP contribution in [0.15, 0.2) is 0 Å². The van der Waals surface area contributed by atoms with E-state index in [9.17, 15) is 0 Å². The quantitative estimate of drug-likeness (QED) is 0.659. The molecule has 86 valence electrons. The van der Waals surface area contributed by atoms with Crippen LogP contribution in [0, 0.1) is 5.92 Å². The van der Waals surface area contributed by atoms with Crippen LogP contribution in [0.2, 0.25) is 0 Å². The maximum Gasteiger partial charge on any atom is 0.163 e. The molecular weight excluding hydrogens is 196 g/mol. The van der Waals surface area contributed by atoms with Crippen molar-refractivity contribution in [3.05, 3.63) is 0 Å². The molecule has 0 N–H and O–H groups in total. The van der Waals surface area contributed by atoms with E-state index in [4.69, 9.17) is 18.9 Å². The molecule has 3 aliphatic rings. The van der Waals surface area contributed by atoms with Gasteiger partial charge in [-0.15, -0.1) is 0 Å². The maximum absolute atomic E-state index is 5.92. The smallest absolute Gasteiger partial charge is 0.163 e. The topological polar surface area (TPSA) is 36.9 Å². The molecule has 2 aliphatic heterocycles. The molecule has 0 amide bonds. The third kappa shape index (κ3) is 1.51. The Labute approximate surface area is 89.8 Å². The van der Waals surface area contributed by atoms with Crippen LogP contribution < -0.4 is 0 Å². The molecule has 3 rings (SSSR count). The highest BCUT2D eigenvalue weighted by Gasteiger charge is 2.57. The van der Waals surface area contributed by atoms with Crippen LogP contribution in [-0.4, -0.2) is 37.5 Å².